The van der Waals surface area contributed by atoms with Gasteiger partial charge in [-0.05, 0) is 70.8 Å². The average Bonchev–Trinajstić information content (AvgIpc) is 2.87. The number of benzene rings is 1. The summed E-state index contributed by atoms with van der Waals surface area (Å²) in [6, 6.07) is 9.09. The first kappa shape index (κ1) is 16.3. The van der Waals surface area contributed by atoms with Crippen LogP contribution in [0.5, 0.6) is 5.75 Å². The minimum absolute atomic E-state index is 0.230. The molecule has 0 saturated carbocycles. The lowest BCUT2D eigenvalue weighted by molar-refractivity contribution is 0.242. The van der Waals surface area contributed by atoms with Crippen LogP contribution >= 0.6 is 0 Å². The van der Waals surface area contributed by atoms with Crippen molar-refractivity contribution in [3.8, 4) is 5.75 Å². The Morgan fingerprint density at radius 2 is 2.10 bits per heavy atom. The number of likely N-dealkylation sites (tertiary alicyclic amines) is 1. The fourth-order valence-corrected chi connectivity index (χ4v) is 2.92. The van der Waals surface area contributed by atoms with Crippen LogP contribution in [-0.2, 0) is 6.54 Å². The fourth-order valence-electron chi connectivity index (χ4n) is 2.92. The molecule has 1 aromatic carbocycles. The molecular formula is C18H30N2O. The van der Waals surface area contributed by atoms with Gasteiger partial charge in [0.1, 0.15) is 5.75 Å². The van der Waals surface area contributed by atoms with Crippen LogP contribution in [0.25, 0.3) is 0 Å². The highest BCUT2D eigenvalue weighted by molar-refractivity contribution is 5.28. The molecule has 0 aliphatic carbocycles. The van der Waals surface area contributed by atoms with Gasteiger partial charge in [0.05, 0.1) is 6.10 Å². The normalized spacial score (nSPS) is 19.6. The molecule has 0 aromatic heterocycles. The highest BCUT2D eigenvalue weighted by Crippen LogP contribution is 2.18. The molecule has 1 heterocycles. The lowest BCUT2D eigenvalue weighted by Gasteiger charge is -2.20. The van der Waals surface area contributed by atoms with E-state index in [0.29, 0.717) is 6.04 Å². The Hall–Kier alpha value is -1.06. The van der Waals surface area contributed by atoms with Gasteiger partial charge in [-0.2, -0.15) is 0 Å². The smallest absolute Gasteiger partial charge is 0.120 e. The number of ether oxygens (including phenoxy) is 1. The molecule has 1 N–H and O–H groups in total. The van der Waals surface area contributed by atoms with Crippen molar-refractivity contribution < 1.29 is 4.74 Å². The van der Waals surface area contributed by atoms with Gasteiger partial charge in [-0.25, -0.2) is 0 Å². The van der Waals surface area contributed by atoms with Gasteiger partial charge in [-0.3, -0.25) is 0 Å². The second-order valence-corrected chi connectivity index (χ2v) is 6.69. The Bertz CT molecular complexity index is 431. The van der Waals surface area contributed by atoms with Gasteiger partial charge in [-0.1, -0.05) is 12.1 Å². The van der Waals surface area contributed by atoms with Gasteiger partial charge < -0.3 is 15.0 Å². The first-order chi connectivity index (χ1) is 10.0. The Labute approximate surface area is 129 Å². The van der Waals surface area contributed by atoms with Crippen LogP contribution in [0, 0.1) is 5.92 Å². The third kappa shape index (κ3) is 5.33. The summed E-state index contributed by atoms with van der Waals surface area (Å²) in [6.45, 7) is 13.2. The molecule has 0 radical (unpaired) electrons. The van der Waals surface area contributed by atoms with Crippen molar-refractivity contribution in [2.24, 2.45) is 5.92 Å². The zero-order valence-corrected chi connectivity index (χ0v) is 13.9. The standard InChI is InChI=1S/C18H30N2O/c1-14(2)20-9-8-17(13-20)12-19-11-16-6-5-7-18(10-16)21-15(3)4/h5-7,10,14-15,17,19H,8-9,11-13H2,1-4H3. The largest absolute Gasteiger partial charge is 0.491 e. The van der Waals surface area contributed by atoms with E-state index in [9.17, 15) is 0 Å². The monoisotopic (exact) mass is 290 g/mol. The molecule has 1 unspecified atom stereocenters. The number of nitrogens with one attached hydrogen (secondary N) is 1. The van der Waals surface area contributed by atoms with Gasteiger partial charge in [0, 0.05) is 19.1 Å². The highest BCUT2D eigenvalue weighted by Gasteiger charge is 2.23. The van der Waals surface area contributed by atoms with Crippen molar-refractivity contribution in [2.45, 2.75) is 52.8 Å². The number of hydrogen-bond acceptors (Lipinski definition) is 3. The molecule has 1 fully saturated rings. The molecular weight excluding hydrogens is 260 g/mol. The quantitative estimate of drug-likeness (QED) is 0.834. The molecule has 1 aliphatic rings. The molecule has 21 heavy (non-hydrogen) atoms. The van der Waals surface area contributed by atoms with Crippen LogP contribution in [0.4, 0.5) is 0 Å². The van der Waals surface area contributed by atoms with Gasteiger partial charge in [-0.15, -0.1) is 0 Å². The van der Waals surface area contributed by atoms with Gasteiger partial charge in [0.2, 0.25) is 0 Å². The SMILES string of the molecule is CC(C)Oc1cccc(CNCC2CCN(C(C)C)C2)c1. The molecule has 1 atom stereocenters. The van der Waals surface area contributed by atoms with Gasteiger partial charge in [0.15, 0.2) is 0 Å². The molecule has 3 heteroatoms. The maximum atomic E-state index is 5.74. The van der Waals surface area contributed by atoms with Crippen molar-refractivity contribution >= 4 is 0 Å². The minimum atomic E-state index is 0.230. The average molecular weight is 290 g/mol. The van der Waals surface area contributed by atoms with E-state index in [-0.39, 0.29) is 6.10 Å². The van der Waals surface area contributed by atoms with Crippen molar-refractivity contribution in [1.82, 2.24) is 10.2 Å². The van der Waals surface area contributed by atoms with Gasteiger partial charge >= 0.3 is 0 Å². The number of nitrogens with zero attached hydrogens (tertiary/aromatic N) is 1. The van der Waals surface area contributed by atoms with Crippen LogP contribution < -0.4 is 10.1 Å². The van der Waals surface area contributed by atoms with E-state index in [1.807, 2.05) is 6.07 Å². The van der Waals surface area contributed by atoms with Crippen LogP contribution in [0.3, 0.4) is 0 Å². The summed E-state index contributed by atoms with van der Waals surface area (Å²) in [6.07, 6.45) is 1.55. The summed E-state index contributed by atoms with van der Waals surface area (Å²) < 4.78 is 5.74. The summed E-state index contributed by atoms with van der Waals surface area (Å²) in [5, 5.41) is 3.60. The summed E-state index contributed by atoms with van der Waals surface area (Å²) in [7, 11) is 0. The molecule has 0 amide bonds. The third-order valence-electron chi connectivity index (χ3n) is 4.08. The lowest BCUT2D eigenvalue weighted by atomic mass is 10.1. The van der Waals surface area contributed by atoms with Crippen molar-refractivity contribution in [3.05, 3.63) is 29.8 Å². The van der Waals surface area contributed by atoms with Crippen LogP contribution in [0.15, 0.2) is 24.3 Å². The molecule has 1 aromatic rings. The zero-order chi connectivity index (χ0) is 15.2. The van der Waals surface area contributed by atoms with Crippen LogP contribution in [-0.4, -0.2) is 36.7 Å². The lowest BCUT2D eigenvalue weighted by Crippen LogP contribution is -2.30. The fraction of sp³-hybridized carbons (Fsp3) is 0.667. The predicted octanol–water partition coefficient (Wildman–Crippen LogP) is 3.29. The van der Waals surface area contributed by atoms with E-state index < -0.39 is 0 Å². The van der Waals surface area contributed by atoms with Crippen LogP contribution in [0.1, 0.15) is 39.7 Å². The summed E-state index contributed by atoms with van der Waals surface area (Å²) in [5.74, 6) is 1.76. The van der Waals surface area contributed by atoms with Crippen molar-refractivity contribution in [2.75, 3.05) is 19.6 Å². The van der Waals surface area contributed by atoms with E-state index in [0.717, 1.165) is 24.8 Å². The molecule has 118 valence electrons. The maximum Gasteiger partial charge on any atom is 0.120 e. The molecule has 2 rings (SSSR count). The molecule has 1 aliphatic heterocycles. The van der Waals surface area contributed by atoms with E-state index >= 15 is 0 Å². The highest BCUT2D eigenvalue weighted by atomic mass is 16.5. The Kier molecular flexibility index (Phi) is 6.07. The van der Waals surface area contributed by atoms with Crippen molar-refractivity contribution in [1.29, 1.82) is 0 Å². The second-order valence-electron chi connectivity index (χ2n) is 6.69. The Morgan fingerprint density at radius 3 is 2.76 bits per heavy atom. The second kappa shape index (κ2) is 7.81. The molecule has 0 spiro atoms. The molecule has 3 nitrogen and oxygen atoms in total. The number of hydrogen-bond donors (Lipinski definition) is 1. The number of rotatable bonds is 7. The molecule has 0 bridgehead atoms. The van der Waals surface area contributed by atoms with E-state index in [2.05, 4.69) is 56.1 Å². The topological polar surface area (TPSA) is 24.5 Å². The zero-order valence-electron chi connectivity index (χ0n) is 13.9. The summed E-state index contributed by atoms with van der Waals surface area (Å²) >= 11 is 0. The van der Waals surface area contributed by atoms with E-state index in [1.54, 1.807) is 0 Å². The Morgan fingerprint density at radius 1 is 1.29 bits per heavy atom. The van der Waals surface area contributed by atoms with Crippen LogP contribution in [0.2, 0.25) is 0 Å². The minimum Gasteiger partial charge on any atom is -0.491 e. The molecule has 1 saturated heterocycles. The third-order valence-corrected chi connectivity index (χ3v) is 4.08. The van der Waals surface area contributed by atoms with Gasteiger partial charge in [0.25, 0.3) is 0 Å². The Balaban J connectivity index is 1.74. The first-order valence-corrected chi connectivity index (χ1v) is 8.25. The summed E-state index contributed by atoms with van der Waals surface area (Å²) in [4.78, 5) is 2.57. The predicted molar refractivity (Wildman–Crippen MR) is 88.7 cm³/mol. The first-order valence-electron chi connectivity index (χ1n) is 8.25. The maximum absolute atomic E-state index is 5.74. The van der Waals surface area contributed by atoms with Crippen molar-refractivity contribution in [3.63, 3.8) is 0 Å². The van der Waals surface area contributed by atoms with E-state index in [1.165, 1.54) is 25.1 Å². The van der Waals surface area contributed by atoms with E-state index in [4.69, 9.17) is 4.74 Å². The summed E-state index contributed by atoms with van der Waals surface area (Å²) in [5.41, 5.74) is 1.30.